The zero-order valence-electron chi connectivity index (χ0n) is 49.8. The number of allylic oxidation sites excluding steroid dienone is 11. The van der Waals surface area contributed by atoms with Gasteiger partial charge in [-0.2, -0.15) is 0 Å². The molecule has 0 saturated heterocycles. The molecular formula is C65H120N2O7P+. The van der Waals surface area contributed by atoms with E-state index in [4.69, 9.17) is 13.8 Å². The average molecular weight is 1070 g/mol. The second kappa shape index (κ2) is 54.8. The molecule has 0 aromatic rings. The van der Waals surface area contributed by atoms with Crippen LogP contribution in [0.1, 0.15) is 278 Å². The summed E-state index contributed by atoms with van der Waals surface area (Å²) in [5, 5.41) is 3.05. The molecule has 0 radical (unpaired) electrons. The largest absolute Gasteiger partial charge is 0.472 e. The van der Waals surface area contributed by atoms with Gasteiger partial charge in [0.25, 0.3) is 0 Å². The number of likely N-dealkylation sites (N-methyl/N-ethyl adjacent to an activating group) is 1. The number of carbonyl (C=O) groups is 2. The summed E-state index contributed by atoms with van der Waals surface area (Å²) in [6.07, 6.45) is 70.3. The molecule has 0 aliphatic carbocycles. The number of hydrogen-bond donors (Lipinski definition) is 2. The third kappa shape index (κ3) is 56.0. The van der Waals surface area contributed by atoms with Crippen molar-refractivity contribution in [1.82, 2.24) is 5.32 Å². The van der Waals surface area contributed by atoms with Crippen LogP contribution in [-0.4, -0.2) is 74.3 Å². The van der Waals surface area contributed by atoms with Crippen LogP contribution in [0.4, 0.5) is 0 Å². The van der Waals surface area contributed by atoms with E-state index in [2.05, 4.69) is 86.8 Å². The summed E-state index contributed by atoms with van der Waals surface area (Å²) < 4.78 is 30.7. The summed E-state index contributed by atoms with van der Waals surface area (Å²) in [4.78, 5) is 37.7. The molecule has 0 rings (SSSR count). The van der Waals surface area contributed by atoms with E-state index in [-0.39, 0.29) is 31.5 Å². The molecule has 2 N–H and O–H groups in total. The highest BCUT2D eigenvalue weighted by Gasteiger charge is 2.30. The van der Waals surface area contributed by atoms with Crippen LogP contribution in [0, 0.1) is 0 Å². The van der Waals surface area contributed by atoms with E-state index in [1.54, 1.807) is 0 Å². The van der Waals surface area contributed by atoms with Crippen LogP contribution >= 0.6 is 7.82 Å². The van der Waals surface area contributed by atoms with Gasteiger partial charge in [-0.05, 0) is 76.7 Å². The second-order valence-corrected chi connectivity index (χ2v) is 23.7. The van der Waals surface area contributed by atoms with Gasteiger partial charge in [0.05, 0.1) is 33.8 Å². The first-order valence-corrected chi connectivity index (χ1v) is 32.8. The minimum atomic E-state index is -4.46. The average Bonchev–Trinajstić information content (AvgIpc) is 3.37. The maximum Gasteiger partial charge on any atom is 0.472 e. The molecule has 3 unspecified atom stereocenters. The molecule has 0 fully saturated rings. The fourth-order valence-corrected chi connectivity index (χ4v) is 9.59. The van der Waals surface area contributed by atoms with Gasteiger partial charge >= 0.3 is 13.8 Å². The molecule has 0 aromatic carbocycles. The van der Waals surface area contributed by atoms with Gasteiger partial charge < -0.3 is 19.4 Å². The van der Waals surface area contributed by atoms with Crippen LogP contribution in [0.5, 0.6) is 0 Å². The number of phosphoric ester groups is 1. The van der Waals surface area contributed by atoms with Crippen molar-refractivity contribution in [2.24, 2.45) is 0 Å². The Labute approximate surface area is 463 Å². The van der Waals surface area contributed by atoms with Crippen molar-refractivity contribution < 1.29 is 37.3 Å². The Morgan fingerprint density at radius 2 is 0.853 bits per heavy atom. The number of quaternary nitrogens is 1. The summed E-state index contributed by atoms with van der Waals surface area (Å²) in [5.74, 6) is -0.521. The van der Waals surface area contributed by atoms with Crippen LogP contribution in [0.2, 0.25) is 0 Å². The minimum Gasteiger partial charge on any atom is -0.456 e. The van der Waals surface area contributed by atoms with Crippen molar-refractivity contribution in [1.29, 1.82) is 0 Å². The first-order valence-electron chi connectivity index (χ1n) is 31.3. The van der Waals surface area contributed by atoms with Crippen molar-refractivity contribution in [3.63, 3.8) is 0 Å². The number of phosphoric acid groups is 1. The summed E-state index contributed by atoms with van der Waals surface area (Å²) in [5.41, 5.74) is 0. The molecule has 1 amide bonds. The van der Waals surface area contributed by atoms with E-state index in [0.717, 1.165) is 109 Å². The van der Waals surface area contributed by atoms with Crippen molar-refractivity contribution in [2.45, 2.75) is 290 Å². The minimum absolute atomic E-state index is 0.0349. The van der Waals surface area contributed by atoms with Gasteiger partial charge in [0, 0.05) is 12.8 Å². The summed E-state index contributed by atoms with van der Waals surface area (Å²) in [7, 11) is 1.48. The molecule has 10 heteroatoms. The molecule has 0 aliphatic heterocycles. The lowest BCUT2D eigenvalue weighted by Gasteiger charge is -2.27. The fraction of sp³-hybridized carbons (Fsp3) is 0.785. The quantitative estimate of drug-likeness (QED) is 0.0205. The highest BCUT2D eigenvalue weighted by Crippen LogP contribution is 2.43. The van der Waals surface area contributed by atoms with E-state index < -0.39 is 20.0 Å². The van der Waals surface area contributed by atoms with Gasteiger partial charge in [-0.1, -0.05) is 261 Å². The smallest absolute Gasteiger partial charge is 0.456 e. The predicted octanol–water partition coefficient (Wildman–Crippen LogP) is 19.2. The monoisotopic (exact) mass is 1070 g/mol. The van der Waals surface area contributed by atoms with E-state index >= 15 is 0 Å². The zero-order valence-corrected chi connectivity index (χ0v) is 50.7. The summed E-state index contributed by atoms with van der Waals surface area (Å²) in [6.45, 7) is 6.90. The molecule has 0 aliphatic rings. The predicted molar refractivity (Wildman–Crippen MR) is 323 cm³/mol. The summed E-state index contributed by atoms with van der Waals surface area (Å²) in [6, 6.07) is -0.859. The molecular weight excluding hydrogens is 952 g/mol. The Kier molecular flexibility index (Phi) is 52.9. The Bertz CT molecular complexity index is 1510. The molecule has 0 bridgehead atoms. The van der Waals surface area contributed by atoms with Crippen LogP contribution in [0.3, 0.4) is 0 Å². The van der Waals surface area contributed by atoms with Crippen molar-refractivity contribution in [3.05, 3.63) is 72.9 Å². The highest BCUT2D eigenvalue weighted by atomic mass is 31.2. The molecule has 3 atom stereocenters. The number of nitrogens with zero attached hydrogens (tertiary/aromatic N) is 1. The van der Waals surface area contributed by atoms with E-state index in [9.17, 15) is 19.0 Å². The fourth-order valence-electron chi connectivity index (χ4n) is 8.85. The number of ether oxygens (including phenoxy) is 1. The normalized spacial score (nSPS) is 14.2. The number of unbranched alkanes of at least 4 members (excludes halogenated alkanes) is 30. The third-order valence-corrected chi connectivity index (χ3v) is 14.6. The van der Waals surface area contributed by atoms with Gasteiger partial charge in [0.15, 0.2) is 0 Å². The lowest BCUT2D eigenvalue weighted by Crippen LogP contribution is -2.47. The van der Waals surface area contributed by atoms with E-state index in [0.29, 0.717) is 17.4 Å². The Balaban J connectivity index is 5.30. The lowest BCUT2D eigenvalue weighted by molar-refractivity contribution is -0.870. The Morgan fingerprint density at radius 3 is 1.28 bits per heavy atom. The van der Waals surface area contributed by atoms with Crippen molar-refractivity contribution >= 4 is 19.7 Å². The first-order chi connectivity index (χ1) is 36.4. The topological polar surface area (TPSA) is 111 Å². The van der Waals surface area contributed by atoms with E-state index in [1.165, 1.54) is 135 Å². The van der Waals surface area contributed by atoms with Gasteiger partial charge in [0.1, 0.15) is 19.3 Å². The van der Waals surface area contributed by atoms with Crippen LogP contribution in [-0.2, 0) is 27.9 Å². The molecule has 0 heterocycles. The number of rotatable bonds is 56. The molecule has 0 aromatic heterocycles. The lowest BCUT2D eigenvalue weighted by atomic mass is 10.0. The van der Waals surface area contributed by atoms with Crippen molar-refractivity contribution in [3.8, 4) is 0 Å². The molecule has 436 valence electrons. The number of hydrogen-bond acceptors (Lipinski definition) is 6. The first kappa shape index (κ1) is 72.5. The number of carbonyl (C=O) groups excluding carboxylic acids is 2. The number of amides is 1. The van der Waals surface area contributed by atoms with Crippen LogP contribution < -0.4 is 5.32 Å². The third-order valence-electron chi connectivity index (χ3n) is 13.7. The Hall–Kier alpha value is -2.55. The maximum absolute atomic E-state index is 13.6. The van der Waals surface area contributed by atoms with Gasteiger partial charge in [-0.25, -0.2) is 4.57 Å². The van der Waals surface area contributed by atoms with Gasteiger partial charge in [-0.3, -0.25) is 18.6 Å². The summed E-state index contributed by atoms with van der Waals surface area (Å²) >= 11 is 0. The van der Waals surface area contributed by atoms with Crippen molar-refractivity contribution in [2.75, 3.05) is 40.9 Å². The highest BCUT2D eigenvalue weighted by molar-refractivity contribution is 7.47. The molecule has 0 saturated carbocycles. The maximum atomic E-state index is 13.6. The zero-order chi connectivity index (χ0) is 55.0. The van der Waals surface area contributed by atoms with Gasteiger partial charge in [0.2, 0.25) is 5.91 Å². The van der Waals surface area contributed by atoms with Crippen LogP contribution in [0.25, 0.3) is 0 Å². The number of esters is 1. The molecule has 75 heavy (non-hydrogen) atoms. The second-order valence-electron chi connectivity index (χ2n) is 22.2. The molecule has 0 spiro atoms. The molecule has 9 nitrogen and oxygen atoms in total. The van der Waals surface area contributed by atoms with Gasteiger partial charge in [-0.15, -0.1) is 0 Å². The van der Waals surface area contributed by atoms with Crippen LogP contribution in [0.15, 0.2) is 72.9 Å². The number of nitrogens with one attached hydrogen (secondary N) is 1. The van der Waals surface area contributed by atoms with E-state index in [1.807, 2.05) is 33.3 Å². The SMILES string of the molecule is CC/C=C\C/C=C\C/C=C\C/C=C\C/C=C\CCCCCCCC(=O)NC(COP(=O)(O)OCC[N+](C)(C)C)C(/C=C\CCCCCCCCCCCCC)OC(=O)CCCCCCCCCCCCCCCCC. The standard InChI is InChI=1S/C65H119N2O7P/c1-7-10-13-16-19-22-25-28-30-31-32-33-34-35-37-39-42-45-48-51-54-57-64(68)66-62(61-73-75(70,71)72-60-59-67(4,5)6)63(56-53-50-47-44-41-38-27-24-21-18-15-12-9-3)74-65(69)58-55-52-49-46-43-40-36-29-26-23-20-17-14-11-8-2/h10,13,19,22,28,30,32-33,35,37,53,56,62-63H,7-9,11-12,14-18,20-21,23-27,29,31,34,36,38-52,54-55,57-61H2,1-6H3,(H-,66,68,70,71)/p+1/b13-10-,22-19-,30-28-,33-32-,37-35-,56-53-. The Morgan fingerprint density at radius 1 is 0.480 bits per heavy atom.